The second-order valence-electron chi connectivity index (χ2n) is 4.63. The Morgan fingerprint density at radius 2 is 2.20 bits per heavy atom. The van der Waals surface area contributed by atoms with E-state index >= 15 is 0 Å². The van der Waals surface area contributed by atoms with Crippen molar-refractivity contribution in [1.29, 1.82) is 0 Å². The molecule has 0 bridgehead atoms. The summed E-state index contributed by atoms with van der Waals surface area (Å²) >= 11 is 0. The van der Waals surface area contributed by atoms with Gasteiger partial charge >= 0.3 is 0 Å². The van der Waals surface area contributed by atoms with Crippen molar-refractivity contribution in [2.75, 3.05) is 5.43 Å². The van der Waals surface area contributed by atoms with Gasteiger partial charge < -0.3 is 15.2 Å². The van der Waals surface area contributed by atoms with Crippen molar-refractivity contribution in [2.45, 2.75) is 26.8 Å². The Morgan fingerprint density at radius 3 is 2.80 bits per heavy atom. The van der Waals surface area contributed by atoms with Crippen molar-refractivity contribution in [3.05, 3.63) is 47.2 Å². The monoisotopic (exact) mass is 274 g/mol. The van der Waals surface area contributed by atoms with Gasteiger partial charge in [0, 0.05) is 11.8 Å². The molecule has 0 saturated heterocycles. The number of hydrazine groups is 1. The van der Waals surface area contributed by atoms with E-state index in [1.165, 1.54) is 6.20 Å². The number of nitrogens with two attached hydrogens (primary N) is 1. The first kappa shape index (κ1) is 14.1. The van der Waals surface area contributed by atoms with E-state index in [9.17, 15) is 4.79 Å². The number of amides is 1. The predicted molar refractivity (Wildman–Crippen MR) is 76.1 cm³/mol. The van der Waals surface area contributed by atoms with E-state index in [4.69, 9.17) is 10.3 Å². The highest BCUT2D eigenvalue weighted by atomic mass is 16.3. The Hall–Kier alpha value is -2.34. The summed E-state index contributed by atoms with van der Waals surface area (Å²) in [5, 5.41) is 2.92. The first-order valence-corrected chi connectivity index (χ1v) is 6.31. The zero-order chi connectivity index (χ0) is 14.7. The molecule has 106 valence electrons. The number of nitrogens with zero attached hydrogens (tertiary/aromatic N) is 1. The van der Waals surface area contributed by atoms with Crippen molar-refractivity contribution in [1.82, 2.24) is 10.3 Å². The normalized spacial score (nSPS) is 12.0. The van der Waals surface area contributed by atoms with Gasteiger partial charge in [0.25, 0.3) is 5.91 Å². The summed E-state index contributed by atoms with van der Waals surface area (Å²) in [7, 11) is 0. The summed E-state index contributed by atoms with van der Waals surface area (Å²) in [4.78, 5) is 16.2. The maximum Gasteiger partial charge on any atom is 0.254 e. The number of carbonyl (C=O) groups is 1. The third-order valence-electron chi connectivity index (χ3n) is 3.11. The van der Waals surface area contributed by atoms with Gasteiger partial charge in [-0.25, -0.2) is 0 Å². The molecule has 0 aromatic carbocycles. The minimum atomic E-state index is -0.217. The minimum Gasteiger partial charge on any atom is -0.466 e. The molecule has 1 atom stereocenters. The van der Waals surface area contributed by atoms with Crippen LogP contribution in [0, 0.1) is 13.8 Å². The zero-order valence-corrected chi connectivity index (χ0v) is 11.7. The lowest BCUT2D eigenvalue weighted by atomic mass is 10.1. The second-order valence-corrected chi connectivity index (χ2v) is 4.63. The highest BCUT2D eigenvalue weighted by Crippen LogP contribution is 2.22. The number of hydrogen-bond donors (Lipinski definition) is 3. The van der Waals surface area contributed by atoms with Crippen LogP contribution in [0.4, 0.5) is 5.69 Å². The van der Waals surface area contributed by atoms with Crippen LogP contribution < -0.4 is 16.6 Å². The average molecular weight is 274 g/mol. The van der Waals surface area contributed by atoms with Gasteiger partial charge in [-0.3, -0.25) is 15.6 Å². The smallest absolute Gasteiger partial charge is 0.254 e. The fourth-order valence-electron chi connectivity index (χ4n) is 2.14. The molecule has 1 amide bonds. The van der Waals surface area contributed by atoms with Crippen molar-refractivity contribution < 1.29 is 9.21 Å². The van der Waals surface area contributed by atoms with Crippen LogP contribution >= 0.6 is 0 Å². The molecule has 0 aliphatic rings. The van der Waals surface area contributed by atoms with Crippen LogP contribution in [0.1, 0.15) is 40.4 Å². The van der Waals surface area contributed by atoms with Gasteiger partial charge in [-0.05, 0) is 32.9 Å². The summed E-state index contributed by atoms with van der Waals surface area (Å²) in [6.45, 7) is 5.67. The van der Waals surface area contributed by atoms with E-state index in [0.717, 1.165) is 17.1 Å². The van der Waals surface area contributed by atoms with Crippen molar-refractivity contribution in [2.24, 2.45) is 5.84 Å². The Labute approximate surface area is 117 Å². The molecule has 6 nitrogen and oxygen atoms in total. The van der Waals surface area contributed by atoms with Crippen LogP contribution in [0.3, 0.4) is 0 Å². The Kier molecular flexibility index (Phi) is 4.05. The van der Waals surface area contributed by atoms with Gasteiger partial charge in [0.2, 0.25) is 0 Å². The van der Waals surface area contributed by atoms with Crippen LogP contribution in [-0.4, -0.2) is 10.9 Å². The third-order valence-corrected chi connectivity index (χ3v) is 3.11. The molecule has 0 aliphatic carbocycles. The van der Waals surface area contributed by atoms with Crippen LogP contribution in [0.5, 0.6) is 0 Å². The average Bonchev–Trinajstić information content (AvgIpc) is 2.77. The van der Waals surface area contributed by atoms with E-state index in [1.807, 2.05) is 26.8 Å². The number of furan rings is 1. The van der Waals surface area contributed by atoms with Gasteiger partial charge in [-0.1, -0.05) is 0 Å². The summed E-state index contributed by atoms with van der Waals surface area (Å²) in [5.41, 5.74) is 4.36. The molecule has 0 spiro atoms. The second kappa shape index (κ2) is 5.75. The quantitative estimate of drug-likeness (QED) is 0.586. The molecule has 0 radical (unpaired) electrons. The van der Waals surface area contributed by atoms with E-state index in [1.54, 1.807) is 12.3 Å². The lowest BCUT2D eigenvalue weighted by Crippen LogP contribution is -2.28. The fraction of sp³-hybridized carbons (Fsp3) is 0.286. The molecule has 4 N–H and O–H groups in total. The van der Waals surface area contributed by atoms with E-state index in [-0.39, 0.29) is 11.9 Å². The molecule has 2 aromatic rings. The predicted octanol–water partition coefficient (Wildman–Crippen LogP) is 2.07. The van der Waals surface area contributed by atoms with Gasteiger partial charge in [0.05, 0.1) is 23.5 Å². The molecule has 20 heavy (non-hydrogen) atoms. The molecular formula is C14H18N4O2. The number of nitrogens with one attached hydrogen (secondary N) is 2. The number of nitrogen functional groups attached to an aromatic ring is 1. The van der Waals surface area contributed by atoms with Crippen molar-refractivity contribution in [3.8, 4) is 0 Å². The minimum absolute atomic E-state index is 0.154. The molecule has 2 aromatic heterocycles. The van der Waals surface area contributed by atoms with Gasteiger partial charge in [-0.2, -0.15) is 0 Å². The molecule has 0 fully saturated rings. The summed E-state index contributed by atoms with van der Waals surface area (Å²) < 4.78 is 5.47. The molecule has 1 unspecified atom stereocenters. The number of aryl methyl sites for hydroxylation is 2. The summed E-state index contributed by atoms with van der Waals surface area (Å²) in [6, 6.07) is 3.39. The molecule has 0 saturated carbocycles. The topological polar surface area (TPSA) is 93.2 Å². The van der Waals surface area contributed by atoms with E-state index in [0.29, 0.717) is 11.3 Å². The summed E-state index contributed by atoms with van der Waals surface area (Å²) in [6.07, 6.45) is 3.06. The van der Waals surface area contributed by atoms with Crippen molar-refractivity contribution >= 4 is 11.6 Å². The van der Waals surface area contributed by atoms with Crippen LogP contribution in [0.15, 0.2) is 28.9 Å². The van der Waals surface area contributed by atoms with Gasteiger partial charge in [0.1, 0.15) is 11.5 Å². The number of hydrogen-bond acceptors (Lipinski definition) is 5. The number of aromatic nitrogens is 1. The molecular weight excluding hydrogens is 256 g/mol. The molecule has 2 rings (SSSR count). The molecule has 0 aliphatic heterocycles. The molecule has 2 heterocycles. The highest BCUT2D eigenvalue weighted by Gasteiger charge is 2.17. The Bertz CT molecular complexity index is 621. The number of anilines is 1. The van der Waals surface area contributed by atoms with E-state index < -0.39 is 0 Å². The summed E-state index contributed by atoms with van der Waals surface area (Å²) in [5.74, 6) is 6.79. The first-order valence-electron chi connectivity index (χ1n) is 6.31. The highest BCUT2D eigenvalue weighted by molar-refractivity contribution is 5.99. The SMILES string of the molecule is Cc1cc(C(C)NC(=O)c2ccncc2NN)c(C)o1. The Morgan fingerprint density at radius 1 is 1.45 bits per heavy atom. The molecule has 6 heteroatoms. The van der Waals surface area contributed by atoms with Crippen molar-refractivity contribution in [3.63, 3.8) is 0 Å². The van der Waals surface area contributed by atoms with Crippen LogP contribution in [-0.2, 0) is 0 Å². The third kappa shape index (κ3) is 2.80. The lowest BCUT2D eigenvalue weighted by Gasteiger charge is -2.14. The number of carbonyl (C=O) groups excluding carboxylic acids is 1. The van der Waals surface area contributed by atoms with Crippen LogP contribution in [0.2, 0.25) is 0 Å². The van der Waals surface area contributed by atoms with Gasteiger partial charge in [-0.15, -0.1) is 0 Å². The standard InChI is InChI=1S/C14H18N4O2/c1-8-6-12(10(3)20-8)9(2)17-14(19)11-4-5-16-7-13(11)18-15/h4-7,9,18H,15H2,1-3H3,(H,17,19). The van der Waals surface area contributed by atoms with Gasteiger partial charge in [0.15, 0.2) is 0 Å². The number of pyridine rings is 1. The zero-order valence-electron chi connectivity index (χ0n) is 11.7. The fourth-order valence-corrected chi connectivity index (χ4v) is 2.14. The maximum absolute atomic E-state index is 12.3. The van der Waals surface area contributed by atoms with Crippen LogP contribution in [0.25, 0.3) is 0 Å². The lowest BCUT2D eigenvalue weighted by molar-refractivity contribution is 0.0940. The first-order chi connectivity index (χ1) is 9.52. The largest absolute Gasteiger partial charge is 0.466 e. The Balaban J connectivity index is 2.17. The maximum atomic E-state index is 12.3. The number of rotatable bonds is 4. The van der Waals surface area contributed by atoms with E-state index in [2.05, 4.69) is 15.7 Å².